The van der Waals surface area contributed by atoms with Gasteiger partial charge in [-0.1, -0.05) is 42.5 Å². The minimum absolute atomic E-state index is 0. The van der Waals surface area contributed by atoms with Crippen LogP contribution in [0.1, 0.15) is 12.8 Å². The second kappa shape index (κ2) is 9.81. The van der Waals surface area contributed by atoms with Gasteiger partial charge in [0.05, 0.1) is 5.69 Å². The van der Waals surface area contributed by atoms with Gasteiger partial charge in [0.15, 0.2) is 0 Å². The number of aromatic nitrogens is 2. The van der Waals surface area contributed by atoms with Gasteiger partial charge in [-0.15, -0.1) is 37.2 Å². The van der Waals surface area contributed by atoms with Crippen molar-refractivity contribution < 1.29 is 0 Å². The monoisotopic (exact) mass is 453 g/mol. The molecule has 8 heteroatoms. The molecule has 0 bridgehead atoms. The molecular formula is C21H26Cl3N5. The minimum atomic E-state index is 0. The quantitative estimate of drug-likeness (QED) is 0.603. The fourth-order valence-corrected chi connectivity index (χ4v) is 4.44. The van der Waals surface area contributed by atoms with Crippen LogP contribution in [0.3, 0.4) is 0 Å². The summed E-state index contributed by atoms with van der Waals surface area (Å²) in [5.41, 5.74) is 8.09. The highest BCUT2D eigenvalue weighted by Gasteiger charge is 2.35. The molecule has 0 unspecified atom stereocenters. The molecule has 2 fully saturated rings. The van der Waals surface area contributed by atoms with Crippen LogP contribution < -0.4 is 16.0 Å². The van der Waals surface area contributed by atoms with Crippen molar-refractivity contribution >= 4 is 59.8 Å². The van der Waals surface area contributed by atoms with Gasteiger partial charge in [-0.05, 0) is 36.1 Å². The molecule has 5 nitrogen and oxygen atoms in total. The van der Waals surface area contributed by atoms with E-state index in [-0.39, 0.29) is 37.2 Å². The van der Waals surface area contributed by atoms with E-state index >= 15 is 0 Å². The molecule has 0 spiro atoms. The summed E-state index contributed by atoms with van der Waals surface area (Å²) in [7, 11) is 0. The average molecular weight is 455 g/mol. The summed E-state index contributed by atoms with van der Waals surface area (Å²) >= 11 is 0. The Hall–Kier alpha value is -1.79. The second-order valence-electron chi connectivity index (χ2n) is 7.36. The number of fused-ring (bicyclic) bond motifs is 2. The normalized spacial score (nSPS) is 20.2. The smallest absolute Gasteiger partial charge is 0.222 e. The van der Waals surface area contributed by atoms with Crippen LogP contribution in [-0.2, 0) is 0 Å². The molecule has 3 heterocycles. The number of piperidine rings is 1. The number of rotatable bonds is 2. The first kappa shape index (κ1) is 23.5. The van der Waals surface area contributed by atoms with E-state index in [1.165, 1.54) is 23.6 Å². The Kier molecular flexibility index (Phi) is 7.94. The van der Waals surface area contributed by atoms with Crippen LogP contribution in [-0.4, -0.2) is 35.6 Å². The van der Waals surface area contributed by atoms with E-state index in [2.05, 4.69) is 68.7 Å². The van der Waals surface area contributed by atoms with Crippen LogP contribution in [0.5, 0.6) is 0 Å². The van der Waals surface area contributed by atoms with E-state index < -0.39 is 0 Å². The fourth-order valence-electron chi connectivity index (χ4n) is 4.44. The maximum Gasteiger partial charge on any atom is 0.222 e. The van der Waals surface area contributed by atoms with Crippen molar-refractivity contribution in [3.8, 4) is 11.3 Å². The van der Waals surface area contributed by atoms with Crippen molar-refractivity contribution in [2.75, 3.05) is 30.3 Å². The highest BCUT2D eigenvalue weighted by atomic mass is 35.5. The lowest BCUT2D eigenvalue weighted by atomic mass is 9.94. The Balaban J connectivity index is 0.000001000. The zero-order chi connectivity index (χ0) is 17.5. The van der Waals surface area contributed by atoms with E-state index in [4.69, 9.17) is 5.73 Å². The number of hydrogen-bond donors (Lipinski definition) is 2. The number of anilines is 2. The molecular weight excluding hydrogens is 429 g/mol. The third kappa shape index (κ3) is 4.53. The summed E-state index contributed by atoms with van der Waals surface area (Å²) in [6, 6.07) is 17.4. The molecule has 29 heavy (non-hydrogen) atoms. The summed E-state index contributed by atoms with van der Waals surface area (Å²) in [6.07, 6.45) is 2.56. The van der Waals surface area contributed by atoms with Gasteiger partial charge < -0.3 is 16.0 Å². The first-order valence-electron chi connectivity index (χ1n) is 9.39. The Labute approximate surface area is 189 Å². The fraction of sp³-hybridized carbons (Fsp3) is 0.333. The zero-order valence-corrected chi connectivity index (χ0v) is 18.4. The van der Waals surface area contributed by atoms with E-state index in [1.54, 1.807) is 0 Å². The van der Waals surface area contributed by atoms with Crippen molar-refractivity contribution in [2.24, 2.45) is 5.92 Å². The van der Waals surface area contributed by atoms with E-state index in [9.17, 15) is 0 Å². The van der Waals surface area contributed by atoms with E-state index in [0.29, 0.717) is 17.9 Å². The van der Waals surface area contributed by atoms with E-state index in [1.807, 2.05) is 0 Å². The van der Waals surface area contributed by atoms with Gasteiger partial charge in [0.2, 0.25) is 5.95 Å². The Morgan fingerprint density at radius 2 is 1.76 bits per heavy atom. The van der Waals surface area contributed by atoms with Crippen LogP contribution in [0, 0.1) is 5.92 Å². The maximum atomic E-state index is 6.09. The van der Waals surface area contributed by atoms with Crippen LogP contribution in [0.15, 0.2) is 48.5 Å². The summed E-state index contributed by atoms with van der Waals surface area (Å²) in [4.78, 5) is 11.4. The number of hydrogen-bond acceptors (Lipinski definition) is 5. The largest absolute Gasteiger partial charge is 0.368 e. The number of nitrogen functional groups attached to an aromatic ring is 1. The predicted octanol–water partition coefficient (Wildman–Crippen LogP) is 4.33. The lowest BCUT2D eigenvalue weighted by Gasteiger charge is -2.24. The SMILES string of the molecule is Cl.Cl.Cl.Nc1nc(-c2cccc3ccccc23)cc(N2C[C@H]3CCCN[C@H]3C2)n1. The average Bonchev–Trinajstić information content (AvgIpc) is 3.11. The first-order valence-corrected chi connectivity index (χ1v) is 9.39. The van der Waals surface area contributed by atoms with Crippen molar-refractivity contribution in [2.45, 2.75) is 18.9 Å². The van der Waals surface area contributed by atoms with Gasteiger partial charge in [-0.2, -0.15) is 4.98 Å². The number of nitrogens with one attached hydrogen (secondary N) is 1. The maximum absolute atomic E-state index is 6.09. The van der Waals surface area contributed by atoms with E-state index in [0.717, 1.165) is 36.7 Å². The van der Waals surface area contributed by atoms with Crippen molar-refractivity contribution in [3.05, 3.63) is 48.5 Å². The first-order chi connectivity index (χ1) is 12.8. The number of nitrogens with zero attached hydrogens (tertiary/aromatic N) is 3. The summed E-state index contributed by atoms with van der Waals surface area (Å²) in [6.45, 7) is 3.17. The molecule has 3 aromatic rings. The molecule has 1 aromatic heterocycles. The highest BCUT2D eigenvalue weighted by Crippen LogP contribution is 2.32. The Bertz CT molecular complexity index is 949. The van der Waals surface area contributed by atoms with Gasteiger partial charge in [0.1, 0.15) is 5.82 Å². The molecule has 5 rings (SSSR count). The highest BCUT2D eigenvalue weighted by molar-refractivity contribution is 5.96. The van der Waals surface area contributed by atoms with Crippen LogP contribution in [0.2, 0.25) is 0 Å². The molecule has 2 aliphatic rings. The lowest BCUT2D eigenvalue weighted by Crippen LogP contribution is -2.40. The molecule has 2 aromatic carbocycles. The van der Waals surface area contributed by atoms with Gasteiger partial charge in [-0.3, -0.25) is 0 Å². The molecule has 0 saturated carbocycles. The lowest BCUT2D eigenvalue weighted by molar-refractivity contribution is 0.340. The molecule has 2 atom stereocenters. The minimum Gasteiger partial charge on any atom is -0.368 e. The standard InChI is InChI=1S/C21H23N5.3ClH/c22-21-24-18(17-9-3-6-14-5-1-2-8-16(14)17)11-20(25-21)26-12-15-7-4-10-23-19(15)13-26;;;/h1-3,5-6,8-9,11,15,19,23H,4,7,10,12-13H2,(H2,22,24,25);3*1H/t15-,19+;;;/m1.../s1. The molecule has 2 aliphatic heterocycles. The summed E-state index contributed by atoms with van der Waals surface area (Å²) < 4.78 is 0. The third-order valence-corrected chi connectivity index (χ3v) is 5.72. The van der Waals surface area contributed by atoms with Crippen LogP contribution in [0.4, 0.5) is 11.8 Å². The van der Waals surface area contributed by atoms with Crippen molar-refractivity contribution in [1.29, 1.82) is 0 Å². The zero-order valence-electron chi connectivity index (χ0n) is 16.0. The number of benzene rings is 2. The molecule has 0 amide bonds. The summed E-state index contributed by atoms with van der Waals surface area (Å²) in [5.74, 6) is 1.99. The molecule has 0 radical (unpaired) electrons. The molecule has 156 valence electrons. The summed E-state index contributed by atoms with van der Waals surface area (Å²) in [5, 5.41) is 6.05. The van der Waals surface area contributed by atoms with Gasteiger partial charge in [-0.25, -0.2) is 4.98 Å². The molecule has 0 aliphatic carbocycles. The Morgan fingerprint density at radius 1 is 0.966 bits per heavy atom. The third-order valence-electron chi connectivity index (χ3n) is 5.72. The second-order valence-corrected chi connectivity index (χ2v) is 7.36. The predicted molar refractivity (Wildman–Crippen MR) is 128 cm³/mol. The van der Waals surface area contributed by atoms with Crippen molar-refractivity contribution in [1.82, 2.24) is 15.3 Å². The van der Waals surface area contributed by atoms with Crippen LogP contribution in [0.25, 0.3) is 22.0 Å². The van der Waals surface area contributed by atoms with Gasteiger partial charge >= 0.3 is 0 Å². The van der Waals surface area contributed by atoms with Gasteiger partial charge in [0, 0.05) is 30.8 Å². The topological polar surface area (TPSA) is 67.1 Å². The Morgan fingerprint density at radius 3 is 2.59 bits per heavy atom. The number of nitrogens with two attached hydrogens (primary N) is 1. The van der Waals surface area contributed by atoms with Crippen molar-refractivity contribution in [3.63, 3.8) is 0 Å². The molecule has 3 N–H and O–H groups in total. The van der Waals surface area contributed by atoms with Crippen LogP contribution >= 0.6 is 37.2 Å². The molecule has 2 saturated heterocycles. The number of halogens is 3. The van der Waals surface area contributed by atoms with Gasteiger partial charge in [0.25, 0.3) is 0 Å².